The molecule has 2 bridgehead atoms. The van der Waals surface area contributed by atoms with Crippen LogP contribution in [0.5, 0.6) is 6.01 Å². The molecule has 4 fully saturated rings. The van der Waals surface area contributed by atoms with Crippen molar-refractivity contribution in [3.63, 3.8) is 0 Å². The Labute approximate surface area is 250 Å². The minimum Gasteiger partial charge on any atom is -0.461 e. The first-order valence-electron chi connectivity index (χ1n) is 14.8. The van der Waals surface area contributed by atoms with Gasteiger partial charge in [0.2, 0.25) is 5.13 Å². The molecule has 0 radical (unpaired) electrons. The molecule has 0 saturated carbocycles. The van der Waals surface area contributed by atoms with Crippen molar-refractivity contribution in [2.75, 3.05) is 37.7 Å². The maximum Gasteiger partial charge on any atom is 0.319 e. The van der Waals surface area contributed by atoms with Gasteiger partial charge >= 0.3 is 6.01 Å². The fourth-order valence-corrected chi connectivity index (χ4v) is 8.41. The van der Waals surface area contributed by atoms with Crippen molar-refractivity contribution in [1.82, 2.24) is 30.2 Å². The van der Waals surface area contributed by atoms with Gasteiger partial charge in [0.15, 0.2) is 0 Å². The number of halogens is 3. The topological polar surface area (TPSA) is 91.7 Å². The molecule has 0 spiro atoms. The normalized spacial score (nSPS) is 27.0. The van der Waals surface area contributed by atoms with Gasteiger partial charge in [0.05, 0.1) is 32.4 Å². The quantitative estimate of drug-likeness (QED) is 0.289. The number of thiazole rings is 1. The molecule has 3 aromatic heterocycles. The standard InChI is InChI=1S/C30H31F3N8OS/c1-34-29-38-25-19(5-6-22(33)26(25)43-29)23-20(10-31)24-21(11-35-23)27(40-13-17-3-4-18(14-40)36-17)39-28(37-24)42-15-30-7-2-8-41(30)12-16(32)9-30/h5-6,11,16-18,36H,1-4,7-10,12-15H2/t16-,17+,18?,30+/m0/s1. The molecular formula is C30H31F3N8OS. The number of alkyl halides is 2. The maximum atomic E-state index is 15.1. The molecule has 0 amide bonds. The molecule has 1 aromatic carbocycles. The first-order chi connectivity index (χ1) is 20.9. The number of nitrogens with zero attached hydrogens (tertiary/aromatic N) is 7. The van der Waals surface area contributed by atoms with E-state index in [4.69, 9.17) is 19.7 Å². The number of benzene rings is 1. The number of anilines is 1. The van der Waals surface area contributed by atoms with Gasteiger partial charge in [-0.05, 0) is 51.1 Å². The van der Waals surface area contributed by atoms with Crippen molar-refractivity contribution >= 4 is 50.1 Å². The van der Waals surface area contributed by atoms with E-state index < -0.39 is 18.7 Å². The second-order valence-electron chi connectivity index (χ2n) is 12.1. The van der Waals surface area contributed by atoms with Crippen molar-refractivity contribution in [2.45, 2.75) is 62.6 Å². The van der Waals surface area contributed by atoms with Crippen LogP contribution in [0.3, 0.4) is 0 Å². The lowest BCUT2D eigenvalue weighted by molar-refractivity contribution is 0.107. The van der Waals surface area contributed by atoms with Gasteiger partial charge in [-0.15, -0.1) is 0 Å². The van der Waals surface area contributed by atoms with Gasteiger partial charge in [-0.25, -0.2) is 23.1 Å². The van der Waals surface area contributed by atoms with Crippen LogP contribution in [-0.2, 0) is 6.67 Å². The van der Waals surface area contributed by atoms with E-state index in [1.165, 1.54) is 6.07 Å². The lowest BCUT2D eigenvalue weighted by Gasteiger charge is -2.34. The van der Waals surface area contributed by atoms with Crippen molar-refractivity contribution in [3.8, 4) is 17.3 Å². The number of piperazine rings is 1. The molecule has 7 heterocycles. The van der Waals surface area contributed by atoms with E-state index in [1.54, 1.807) is 12.3 Å². The number of rotatable bonds is 7. The number of fused-ring (bicyclic) bond motifs is 5. The SMILES string of the molecule is C=Nc1nc2c(-c3ncc4c(N5CC6CC[C@H](C5)N6)nc(OC[C@]56CCCN5C[C@@H](F)C6)nc4c3CF)ccc(F)c2s1. The lowest BCUT2D eigenvalue weighted by atomic mass is 9.95. The molecule has 224 valence electrons. The van der Waals surface area contributed by atoms with Crippen molar-refractivity contribution in [1.29, 1.82) is 0 Å². The molecule has 0 aliphatic carbocycles. The summed E-state index contributed by atoms with van der Waals surface area (Å²) < 4.78 is 50.9. The van der Waals surface area contributed by atoms with Crippen LogP contribution >= 0.6 is 11.3 Å². The van der Waals surface area contributed by atoms with E-state index in [9.17, 15) is 8.78 Å². The van der Waals surface area contributed by atoms with Crippen molar-refractivity contribution in [3.05, 3.63) is 29.7 Å². The molecule has 43 heavy (non-hydrogen) atoms. The third-order valence-electron chi connectivity index (χ3n) is 9.55. The summed E-state index contributed by atoms with van der Waals surface area (Å²) in [5, 5.41) is 4.59. The first kappa shape index (κ1) is 27.2. The van der Waals surface area contributed by atoms with Gasteiger partial charge in [-0.3, -0.25) is 9.88 Å². The summed E-state index contributed by atoms with van der Waals surface area (Å²) in [4.78, 5) is 27.1. The van der Waals surface area contributed by atoms with Gasteiger partial charge in [0.1, 0.15) is 31.1 Å². The second kappa shape index (κ2) is 10.3. The zero-order valence-electron chi connectivity index (χ0n) is 23.5. The highest BCUT2D eigenvalue weighted by Gasteiger charge is 2.49. The van der Waals surface area contributed by atoms with E-state index in [2.05, 4.69) is 31.8 Å². The van der Waals surface area contributed by atoms with Gasteiger partial charge < -0.3 is 15.0 Å². The number of ether oxygens (including phenoxy) is 1. The Morgan fingerprint density at radius 1 is 1.14 bits per heavy atom. The van der Waals surface area contributed by atoms with E-state index in [-0.39, 0.29) is 23.7 Å². The fraction of sp³-hybridized carbons (Fsp3) is 0.500. The van der Waals surface area contributed by atoms with Crippen LogP contribution in [-0.4, -0.2) is 88.1 Å². The number of pyridine rings is 1. The smallest absolute Gasteiger partial charge is 0.319 e. The van der Waals surface area contributed by atoms with Gasteiger partial charge in [0.25, 0.3) is 0 Å². The predicted octanol–water partition coefficient (Wildman–Crippen LogP) is 5.14. The average molecular weight is 609 g/mol. The molecular weight excluding hydrogens is 577 g/mol. The van der Waals surface area contributed by atoms with Crippen LogP contribution in [0.25, 0.3) is 32.4 Å². The number of aliphatic imine (C=N–C) groups is 1. The van der Waals surface area contributed by atoms with E-state index in [0.717, 1.165) is 56.7 Å². The largest absolute Gasteiger partial charge is 0.461 e. The van der Waals surface area contributed by atoms with Crippen LogP contribution in [0.1, 0.15) is 37.7 Å². The van der Waals surface area contributed by atoms with Gasteiger partial charge in [-0.1, -0.05) is 11.3 Å². The Kier molecular flexibility index (Phi) is 6.53. The molecule has 13 heteroatoms. The molecule has 9 nitrogen and oxygen atoms in total. The fourth-order valence-electron chi connectivity index (χ4n) is 7.61. The third kappa shape index (κ3) is 4.46. The summed E-state index contributed by atoms with van der Waals surface area (Å²) in [6.45, 7) is 5.70. The maximum absolute atomic E-state index is 15.1. The minimum absolute atomic E-state index is 0.139. The van der Waals surface area contributed by atoms with E-state index in [1.807, 2.05) is 0 Å². The highest BCUT2D eigenvalue weighted by atomic mass is 32.1. The molecule has 4 atom stereocenters. The van der Waals surface area contributed by atoms with E-state index in [0.29, 0.717) is 68.4 Å². The molecule has 4 saturated heterocycles. The Balaban J connectivity index is 1.26. The van der Waals surface area contributed by atoms with Crippen LogP contribution in [0.2, 0.25) is 0 Å². The van der Waals surface area contributed by atoms with Crippen LogP contribution in [0.15, 0.2) is 23.3 Å². The lowest BCUT2D eigenvalue weighted by Crippen LogP contribution is -2.51. The zero-order valence-corrected chi connectivity index (χ0v) is 24.3. The summed E-state index contributed by atoms with van der Waals surface area (Å²) in [5.41, 5.74) is 1.43. The highest BCUT2D eigenvalue weighted by molar-refractivity contribution is 7.22. The average Bonchev–Trinajstić information content (AvgIpc) is 3.77. The van der Waals surface area contributed by atoms with E-state index >= 15 is 4.39 Å². The Morgan fingerprint density at radius 2 is 1.98 bits per heavy atom. The van der Waals surface area contributed by atoms with Gasteiger partial charge in [0, 0.05) is 55.5 Å². The third-order valence-corrected chi connectivity index (χ3v) is 10.6. The Hall–Kier alpha value is -3.42. The summed E-state index contributed by atoms with van der Waals surface area (Å²) in [5.74, 6) is 0.212. The van der Waals surface area contributed by atoms with Crippen LogP contribution in [0.4, 0.5) is 24.1 Å². The Morgan fingerprint density at radius 3 is 2.77 bits per heavy atom. The molecule has 4 aliphatic heterocycles. The highest BCUT2D eigenvalue weighted by Crippen LogP contribution is 2.42. The van der Waals surface area contributed by atoms with Crippen LogP contribution in [0, 0.1) is 5.82 Å². The predicted molar refractivity (Wildman–Crippen MR) is 161 cm³/mol. The zero-order chi connectivity index (χ0) is 29.3. The summed E-state index contributed by atoms with van der Waals surface area (Å²) >= 11 is 1.08. The monoisotopic (exact) mass is 608 g/mol. The van der Waals surface area contributed by atoms with Crippen molar-refractivity contribution < 1.29 is 17.9 Å². The minimum atomic E-state index is -0.879. The molecule has 4 aromatic rings. The number of aromatic nitrogens is 4. The first-order valence-corrected chi connectivity index (χ1v) is 15.6. The Bertz CT molecular complexity index is 1740. The molecule has 4 aliphatic rings. The van der Waals surface area contributed by atoms with Crippen molar-refractivity contribution in [2.24, 2.45) is 4.99 Å². The molecule has 1 N–H and O–H groups in total. The molecule has 8 rings (SSSR count). The second-order valence-corrected chi connectivity index (χ2v) is 13.1. The number of nitrogens with one attached hydrogen (secondary N) is 1. The number of hydrogen-bond acceptors (Lipinski definition) is 10. The summed E-state index contributed by atoms with van der Waals surface area (Å²) in [7, 11) is 0. The molecule has 1 unspecified atom stereocenters. The summed E-state index contributed by atoms with van der Waals surface area (Å²) in [6, 6.07) is 3.72. The summed E-state index contributed by atoms with van der Waals surface area (Å²) in [6.07, 6.45) is 5.24. The van der Waals surface area contributed by atoms with Gasteiger partial charge in [-0.2, -0.15) is 9.97 Å². The van der Waals surface area contributed by atoms with Crippen LogP contribution < -0.4 is 15.0 Å². The number of hydrogen-bond donors (Lipinski definition) is 1.